The van der Waals surface area contributed by atoms with Gasteiger partial charge in [0.15, 0.2) is 0 Å². The fourth-order valence-corrected chi connectivity index (χ4v) is 3.64. The van der Waals surface area contributed by atoms with Crippen LogP contribution in [0.5, 0.6) is 0 Å². The molecule has 2 aliphatic rings. The molecule has 104 valence electrons. The van der Waals surface area contributed by atoms with Gasteiger partial charge in [0.1, 0.15) is 0 Å². The summed E-state index contributed by atoms with van der Waals surface area (Å²) in [5.41, 5.74) is 0.268. The molecular weight excluding hydrogens is 224 g/mol. The Kier molecular flexibility index (Phi) is 4.31. The maximum absolute atomic E-state index is 12.5. The maximum atomic E-state index is 12.5. The van der Waals surface area contributed by atoms with Crippen LogP contribution in [0.2, 0.25) is 0 Å². The fourth-order valence-electron chi connectivity index (χ4n) is 3.64. The van der Waals surface area contributed by atoms with Crippen LogP contribution in [0.4, 0.5) is 0 Å². The third-order valence-electron chi connectivity index (χ3n) is 5.44. The zero-order valence-electron chi connectivity index (χ0n) is 12.0. The monoisotopic (exact) mass is 252 g/mol. The predicted octanol–water partition coefficient (Wildman–Crippen LogP) is 2.46. The van der Waals surface area contributed by atoms with E-state index in [9.17, 15) is 4.79 Å². The number of nitrogens with one attached hydrogen (secondary N) is 2. The van der Waals surface area contributed by atoms with Crippen LogP contribution in [-0.2, 0) is 4.79 Å². The molecule has 1 aliphatic heterocycles. The van der Waals surface area contributed by atoms with E-state index in [0.29, 0.717) is 5.41 Å². The molecule has 2 fully saturated rings. The molecule has 2 rings (SSSR count). The minimum Gasteiger partial charge on any atom is -0.355 e. The molecule has 1 saturated heterocycles. The van der Waals surface area contributed by atoms with Gasteiger partial charge in [0.05, 0.1) is 5.41 Å². The van der Waals surface area contributed by atoms with E-state index in [1.54, 1.807) is 0 Å². The van der Waals surface area contributed by atoms with Crippen LogP contribution < -0.4 is 10.6 Å². The molecule has 0 aromatic rings. The van der Waals surface area contributed by atoms with Gasteiger partial charge >= 0.3 is 0 Å². The van der Waals surface area contributed by atoms with Crippen LogP contribution in [0.25, 0.3) is 0 Å². The van der Waals surface area contributed by atoms with Crippen molar-refractivity contribution in [2.75, 3.05) is 19.6 Å². The molecule has 0 aromatic carbocycles. The lowest BCUT2D eigenvalue weighted by Crippen LogP contribution is -2.45. The van der Waals surface area contributed by atoms with Gasteiger partial charge in [0.25, 0.3) is 0 Å². The van der Waals surface area contributed by atoms with Gasteiger partial charge in [-0.15, -0.1) is 0 Å². The molecule has 0 bridgehead atoms. The van der Waals surface area contributed by atoms with Gasteiger partial charge in [-0.05, 0) is 44.1 Å². The Bertz CT molecular complexity index is 289. The Morgan fingerprint density at radius 3 is 2.39 bits per heavy atom. The predicted molar refractivity (Wildman–Crippen MR) is 74.4 cm³/mol. The average molecular weight is 252 g/mol. The van der Waals surface area contributed by atoms with Crippen molar-refractivity contribution in [3.8, 4) is 0 Å². The zero-order valence-corrected chi connectivity index (χ0v) is 12.0. The molecule has 0 radical (unpaired) electrons. The van der Waals surface area contributed by atoms with Crippen molar-refractivity contribution in [3.63, 3.8) is 0 Å². The summed E-state index contributed by atoms with van der Waals surface area (Å²) in [7, 11) is 0. The van der Waals surface area contributed by atoms with Crippen LogP contribution in [0.1, 0.15) is 58.8 Å². The molecule has 1 amide bonds. The highest BCUT2D eigenvalue weighted by molar-refractivity contribution is 5.83. The second-order valence-corrected chi connectivity index (χ2v) is 6.30. The molecule has 1 heterocycles. The van der Waals surface area contributed by atoms with E-state index in [1.165, 1.54) is 32.1 Å². The van der Waals surface area contributed by atoms with E-state index in [-0.39, 0.29) is 11.3 Å². The SMILES string of the molecule is CCC1(CNC(=O)C2(CC)CCNC2)CCCC1. The largest absolute Gasteiger partial charge is 0.355 e. The van der Waals surface area contributed by atoms with Gasteiger partial charge < -0.3 is 10.6 Å². The minimum atomic E-state index is -0.131. The second kappa shape index (κ2) is 5.60. The van der Waals surface area contributed by atoms with Crippen molar-refractivity contribution in [2.24, 2.45) is 10.8 Å². The standard InChI is InChI=1S/C15H28N2O/c1-3-14(7-5-6-8-14)11-17-13(18)15(4-2)9-10-16-12-15/h16H,3-12H2,1-2H3,(H,17,18). The summed E-state index contributed by atoms with van der Waals surface area (Å²) in [5.74, 6) is 0.287. The first-order chi connectivity index (χ1) is 8.66. The lowest BCUT2D eigenvalue weighted by atomic mass is 9.81. The maximum Gasteiger partial charge on any atom is 0.227 e. The third kappa shape index (κ3) is 2.56. The lowest BCUT2D eigenvalue weighted by molar-refractivity contribution is -0.130. The molecule has 18 heavy (non-hydrogen) atoms. The van der Waals surface area contributed by atoms with Crippen LogP contribution in [0, 0.1) is 10.8 Å². The zero-order chi connectivity index (χ0) is 13.1. The highest BCUT2D eigenvalue weighted by atomic mass is 16.2. The summed E-state index contributed by atoms with van der Waals surface area (Å²) in [4.78, 5) is 12.5. The summed E-state index contributed by atoms with van der Waals surface area (Å²) in [6.07, 6.45) is 8.40. The Morgan fingerprint density at radius 1 is 1.17 bits per heavy atom. The molecule has 1 atom stereocenters. The molecule has 0 spiro atoms. The minimum absolute atomic E-state index is 0.131. The molecule has 0 aromatic heterocycles. The van der Waals surface area contributed by atoms with E-state index in [2.05, 4.69) is 24.5 Å². The molecule has 3 nitrogen and oxygen atoms in total. The van der Waals surface area contributed by atoms with Gasteiger partial charge in [0, 0.05) is 13.1 Å². The van der Waals surface area contributed by atoms with Crippen molar-refractivity contribution in [1.29, 1.82) is 0 Å². The smallest absolute Gasteiger partial charge is 0.227 e. The Balaban J connectivity index is 1.91. The van der Waals surface area contributed by atoms with Crippen molar-refractivity contribution >= 4 is 5.91 Å². The topological polar surface area (TPSA) is 41.1 Å². The highest BCUT2D eigenvalue weighted by Crippen LogP contribution is 2.40. The van der Waals surface area contributed by atoms with Crippen LogP contribution in [0.15, 0.2) is 0 Å². The summed E-state index contributed by atoms with van der Waals surface area (Å²) in [6, 6.07) is 0. The average Bonchev–Trinajstić information content (AvgIpc) is 3.06. The first-order valence-electron chi connectivity index (χ1n) is 7.65. The number of carbonyl (C=O) groups is 1. The number of amides is 1. The first-order valence-corrected chi connectivity index (χ1v) is 7.65. The molecule has 1 unspecified atom stereocenters. The van der Waals surface area contributed by atoms with Crippen LogP contribution in [-0.4, -0.2) is 25.5 Å². The van der Waals surface area contributed by atoms with Crippen molar-refractivity contribution in [2.45, 2.75) is 58.8 Å². The molecular formula is C15H28N2O. The number of carbonyl (C=O) groups excluding carboxylic acids is 1. The summed E-state index contributed by atoms with van der Waals surface area (Å²) < 4.78 is 0. The van der Waals surface area contributed by atoms with E-state index in [4.69, 9.17) is 0 Å². The summed E-state index contributed by atoms with van der Waals surface area (Å²) in [5, 5.41) is 6.61. The Hall–Kier alpha value is -0.570. The van der Waals surface area contributed by atoms with Gasteiger partial charge in [-0.2, -0.15) is 0 Å². The molecule has 2 N–H and O–H groups in total. The van der Waals surface area contributed by atoms with E-state index < -0.39 is 0 Å². The summed E-state index contributed by atoms with van der Waals surface area (Å²) in [6.45, 7) is 7.14. The Labute approximate surface area is 111 Å². The van der Waals surface area contributed by atoms with Gasteiger partial charge in [-0.1, -0.05) is 26.7 Å². The lowest BCUT2D eigenvalue weighted by Gasteiger charge is -2.31. The van der Waals surface area contributed by atoms with Gasteiger partial charge in [0.2, 0.25) is 5.91 Å². The first kappa shape index (κ1) is 13.9. The normalized spacial score (nSPS) is 30.6. The van der Waals surface area contributed by atoms with Gasteiger partial charge in [-0.25, -0.2) is 0 Å². The second-order valence-electron chi connectivity index (χ2n) is 6.30. The fraction of sp³-hybridized carbons (Fsp3) is 0.933. The quantitative estimate of drug-likeness (QED) is 0.789. The van der Waals surface area contributed by atoms with Crippen LogP contribution in [0.3, 0.4) is 0 Å². The number of hydrogen-bond donors (Lipinski definition) is 2. The van der Waals surface area contributed by atoms with Gasteiger partial charge in [-0.3, -0.25) is 4.79 Å². The van der Waals surface area contributed by atoms with E-state index >= 15 is 0 Å². The van der Waals surface area contributed by atoms with Crippen LogP contribution >= 0.6 is 0 Å². The number of hydrogen-bond acceptors (Lipinski definition) is 2. The third-order valence-corrected chi connectivity index (χ3v) is 5.44. The number of rotatable bonds is 5. The van der Waals surface area contributed by atoms with Crippen molar-refractivity contribution in [3.05, 3.63) is 0 Å². The summed E-state index contributed by atoms with van der Waals surface area (Å²) >= 11 is 0. The Morgan fingerprint density at radius 2 is 1.89 bits per heavy atom. The highest BCUT2D eigenvalue weighted by Gasteiger charge is 2.40. The van der Waals surface area contributed by atoms with E-state index in [0.717, 1.165) is 32.5 Å². The van der Waals surface area contributed by atoms with E-state index in [1.807, 2.05) is 0 Å². The van der Waals surface area contributed by atoms with Crippen molar-refractivity contribution in [1.82, 2.24) is 10.6 Å². The molecule has 1 aliphatic carbocycles. The van der Waals surface area contributed by atoms with Crippen molar-refractivity contribution < 1.29 is 4.79 Å². The molecule has 3 heteroatoms. The molecule has 1 saturated carbocycles.